The fourth-order valence-corrected chi connectivity index (χ4v) is 3.22. The number of hydrogen-bond donors (Lipinski definition) is 1. The molecule has 120 valence electrons. The lowest BCUT2D eigenvalue weighted by atomic mass is 9.88. The van der Waals surface area contributed by atoms with Crippen molar-refractivity contribution in [2.24, 2.45) is 0 Å². The summed E-state index contributed by atoms with van der Waals surface area (Å²) in [5.41, 5.74) is -1.09. The van der Waals surface area contributed by atoms with Crippen LogP contribution < -0.4 is 0 Å². The molecule has 1 N–H and O–H groups in total. The van der Waals surface area contributed by atoms with E-state index < -0.39 is 11.5 Å². The molecule has 2 aliphatic rings. The fourth-order valence-electron chi connectivity index (χ4n) is 3.22. The van der Waals surface area contributed by atoms with E-state index >= 15 is 0 Å². The van der Waals surface area contributed by atoms with Gasteiger partial charge in [-0.15, -0.1) is 0 Å². The van der Waals surface area contributed by atoms with Crippen molar-refractivity contribution in [3.05, 3.63) is 0 Å². The third kappa shape index (κ3) is 3.00. The van der Waals surface area contributed by atoms with Crippen molar-refractivity contribution in [3.63, 3.8) is 0 Å². The van der Waals surface area contributed by atoms with Crippen molar-refractivity contribution in [3.8, 4) is 0 Å². The second-order valence-electron chi connectivity index (χ2n) is 6.33. The summed E-state index contributed by atoms with van der Waals surface area (Å²) in [5, 5.41) is 9.55. The molecule has 0 radical (unpaired) electrons. The van der Waals surface area contributed by atoms with Gasteiger partial charge in [0.1, 0.15) is 5.54 Å². The van der Waals surface area contributed by atoms with Crippen LogP contribution in [0.5, 0.6) is 0 Å². The first-order valence-corrected chi connectivity index (χ1v) is 7.83. The highest BCUT2D eigenvalue weighted by atomic mass is 16.5. The molecule has 6 heteroatoms. The van der Waals surface area contributed by atoms with Crippen molar-refractivity contribution >= 4 is 12.0 Å². The summed E-state index contributed by atoms with van der Waals surface area (Å²) in [6.45, 7) is 7.21. The lowest BCUT2D eigenvalue weighted by Crippen LogP contribution is -2.64. The van der Waals surface area contributed by atoms with Crippen molar-refractivity contribution in [2.45, 2.75) is 64.1 Å². The van der Waals surface area contributed by atoms with E-state index in [0.29, 0.717) is 26.1 Å². The number of hydrogen-bond acceptors (Lipinski definition) is 3. The van der Waals surface area contributed by atoms with Gasteiger partial charge in [-0.3, -0.25) is 0 Å². The minimum Gasteiger partial charge on any atom is -0.480 e. The van der Waals surface area contributed by atoms with Gasteiger partial charge in [0.25, 0.3) is 0 Å². The SMILES string of the molecule is CCC1COC(C)CN1C(=O)N1CCCCC1(C)C(=O)O. The number of aliphatic carboxylic acids is 1. The van der Waals surface area contributed by atoms with Crippen LogP contribution in [0.25, 0.3) is 0 Å². The third-order valence-electron chi connectivity index (χ3n) is 4.77. The molecule has 0 spiro atoms. The van der Waals surface area contributed by atoms with E-state index in [2.05, 4.69) is 0 Å². The Bertz CT molecular complexity index is 414. The molecule has 0 bridgehead atoms. The van der Waals surface area contributed by atoms with Crippen LogP contribution in [0.4, 0.5) is 4.79 Å². The summed E-state index contributed by atoms with van der Waals surface area (Å²) in [4.78, 5) is 27.9. The summed E-state index contributed by atoms with van der Waals surface area (Å²) in [7, 11) is 0. The number of rotatable bonds is 2. The number of carboxylic acids is 1. The van der Waals surface area contributed by atoms with Crippen LogP contribution in [0.1, 0.15) is 46.5 Å². The first-order chi connectivity index (χ1) is 9.90. The maximum atomic E-state index is 12.9. The van der Waals surface area contributed by atoms with Crippen LogP contribution in [-0.4, -0.2) is 64.3 Å². The predicted molar refractivity (Wildman–Crippen MR) is 78.2 cm³/mol. The number of carbonyl (C=O) groups is 2. The highest BCUT2D eigenvalue weighted by Crippen LogP contribution is 2.30. The van der Waals surface area contributed by atoms with Gasteiger partial charge < -0.3 is 19.6 Å². The molecule has 0 aliphatic carbocycles. The monoisotopic (exact) mass is 298 g/mol. The average Bonchev–Trinajstić information content (AvgIpc) is 2.47. The van der Waals surface area contributed by atoms with Crippen molar-refractivity contribution in [1.29, 1.82) is 0 Å². The van der Waals surface area contributed by atoms with Gasteiger partial charge in [-0.2, -0.15) is 0 Å². The third-order valence-corrected chi connectivity index (χ3v) is 4.77. The van der Waals surface area contributed by atoms with Gasteiger partial charge in [0, 0.05) is 13.1 Å². The van der Waals surface area contributed by atoms with Gasteiger partial charge in [-0.05, 0) is 39.5 Å². The van der Waals surface area contributed by atoms with Crippen LogP contribution in [0.3, 0.4) is 0 Å². The lowest BCUT2D eigenvalue weighted by molar-refractivity contribution is -0.151. The van der Waals surface area contributed by atoms with Crippen molar-refractivity contribution in [2.75, 3.05) is 19.7 Å². The summed E-state index contributed by atoms with van der Waals surface area (Å²) < 4.78 is 5.62. The van der Waals surface area contributed by atoms with E-state index in [1.165, 1.54) is 0 Å². The zero-order valence-corrected chi connectivity index (χ0v) is 13.2. The first-order valence-electron chi connectivity index (χ1n) is 7.83. The maximum Gasteiger partial charge on any atom is 0.329 e. The van der Waals surface area contributed by atoms with Gasteiger partial charge in [-0.1, -0.05) is 6.92 Å². The molecule has 2 saturated heterocycles. The molecule has 0 aromatic rings. The Morgan fingerprint density at radius 2 is 2.10 bits per heavy atom. The molecule has 0 aromatic carbocycles. The Kier molecular flexibility index (Phi) is 4.76. The van der Waals surface area contributed by atoms with Crippen LogP contribution >= 0.6 is 0 Å². The zero-order chi connectivity index (χ0) is 15.6. The zero-order valence-electron chi connectivity index (χ0n) is 13.2. The Morgan fingerprint density at radius 1 is 1.38 bits per heavy atom. The number of carbonyl (C=O) groups excluding carboxylic acids is 1. The van der Waals surface area contributed by atoms with E-state index in [4.69, 9.17) is 4.74 Å². The summed E-state index contributed by atoms with van der Waals surface area (Å²) in [6.07, 6.45) is 3.05. The Morgan fingerprint density at radius 3 is 2.71 bits per heavy atom. The van der Waals surface area contributed by atoms with E-state index in [-0.39, 0.29) is 18.2 Å². The highest BCUT2D eigenvalue weighted by Gasteiger charge is 2.46. The second kappa shape index (κ2) is 6.22. The molecule has 2 rings (SSSR count). The van der Waals surface area contributed by atoms with Gasteiger partial charge in [0.2, 0.25) is 0 Å². The first kappa shape index (κ1) is 16.1. The van der Waals surface area contributed by atoms with Crippen molar-refractivity contribution < 1.29 is 19.4 Å². The molecule has 3 unspecified atom stereocenters. The van der Waals surface area contributed by atoms with E-state index in [0.717, 1.165) is 19.3 Å². The number of carboxylic acid groups (broad SMARTS) is 1. The largest absolute Gasteiger partial charge is 0.480 e. The molecule has 0 aromatic heterocycles. The highest BCUT2D eigenvalue weighted by molar-refractivity contribution is 5.86. The molecule has 2 aliphatic heterocycles. The lowest BCUT2D eigenvalue weighted by Gasteiger charge is -2.47. The molecule has 0 saturated carbocycles. The summed E-state index contributed by atoms with van der Waals surface area (Å²) in [5.74, 6) is -0.912. The van der Waals surface area contributed by atoms with Crippen molar-refractivity contribution in [1.82, 2.24) is 9.80 Å². The molecular formula is C15H26N2O4. The molecule has 2 fully saturated rings. The number of amides is 2. The number of likely N-dealkylation sites (tertiary alicyclic amines) is 1. The maximum absolute atomic E-state index is 12.9. The van der Waals surface area contributed by atoms with E-state index in [1.54, 1.807) is 16.7 Å². The normalized spacial score (nSPS) is 33.9. The Hall–Kier alpha value is -1.30. The number of ether oxygens (including phenoxy) is 1. The fraction of sp³-hybridized carbons (Fsp3) is 0.867. The van der Waals surface area contributed by atoms with Gasteiger partial charge >= 0.3 is 12.0 Å². The van der Waals surface area contributed by atoms with Gasteiger partial charge in [0.15, 0.2) is 0 Å². The Labute approximate surface area is 126 Å². The van der Waals surface area contributed by atoms with Gasteiger partial charge in [-0.25, -0.2) is 9.59 Å². The molecule has 6 nitrogen and oxygen atoms in total. The molecule has 2 amide bonds. The van der Waals surface area contributed by atoms with Gasteiger partial charge in [0.05, 0.1) is 18.8 Å². The van der Waals surface area contributed by atoms with Crippen LogP contribution in [0.2, 0.25) is 0 Å². The smallest absolute Gasteiger partial charge is 0.329 e. The van der Waals surface area contributed by atoms with Crippen LogP contribution in [0, 0.1) is 0 Å². The summed E-state index contributed by atoms with van der Waals surface area (Å²) in [6, 6.07) is -0.115. The molecule has 2 heterocycles. The average molecular weight is 298 g/mol. The molecule has 21 heavy (non-hydrogen) atoms. The summed E-state index contributed by atoms with van der Waals surface area (Å²) >= 11 is 0. The van der Waals surface area contributed by atoms with E-state index in [1.807, 2.05) is 13.8 Å². The number of morpholine rings is 1. The quantitative estimate of drug-likeness (QED) is 0.845. The molecular weight excluding hydrogens is 272 g/mol. The Balaban J connectivity index is 2.21. The van der Waals surface area contributed by atoms with E-state index in [9.17, 15) is 14.7 Å². The van der Waals surface area contributed by atoms with Crippen LogP contribution in [0.15, 0.2) is 0 Å². The minimum atomic E-state index is -1.09. The number of nitrogens with zero attached hydrogens (tertiary/aromatic N) is 2. The predicted octanol–water partition coefficient (Wildman–Crippen LogP) is 1.93. The number of piperidine rings is 1. The minimum absolute atomic E-state index is 0.00220. The topological polar surface area (TPSA) is 70.1 Å². The standard InChI is InChI=1S/C15H26N2O4/c1-4-12-10-21-11(2)9-16(12)14(20)17-8-6-5-7-15(17,3)13(18)19/h11-12H,4-10H2,1-3H3,(H,18,19). The second-order valence-corrected chi connectivity index (χ2v) is 6.33. The number of urea groups is 1. The van der Waals surface area contributed by atoms with Crippen LogP contribution in [-0.2, 0) is 9.53 Å². The molecule has 3 atom stereocenters.